The summed E-state index contributed by atoms with van der Waals surface area (Å²) in [7, 11) is 0. The van der Waals surface area contributed by atoms with Crippen LogP contribution in [0.15, 0.2) is 24.3 Å². The molecular formula is C18H24N4O8. The maximum absolute atomic E-state index is 12.6. The van der Waals surface area contributed by atoms with Crippen LogP contribution in [0.1, 0.15) is 24.8 Å². The number of benzene rings is 1. The summed E-state index contributed by atoms with van der Waals surface area (Å²) in [5, 5.41) is 31.9. The predicted molar refractivity (Wildman–Crippen MR) is 102 cm³/mol. The summed E-state index contributed by atoms with van der Waals surface area (Å²) < 4.78 is 0. The second kappa shape index (κ2) is 11.4. The molecule has 3 atom stereocenters. The van der Waals surface area contributed by atoms with Gasteiger partial charge >= 0.3 is 11.9 Å². The van der Waals surface area contributed by atoms with Gasteiger partial charge in [0.15, 0.2) is 0 Å². The molecular weight excluding hydrogens is 400 g/mol. The molecule has 3 amide bonds. The van der Waals surface area contributed by atoms with E-state index in [0.717, 1.165) is 0 Å². The molecule has 0 unspecified atom stereocenters. The fourth-order valence-electron chi connectivity index (χ4n) is 2.46. The first-order valence-electron chi connectivity index (χ1n) is 8.86. The summed E-state index contributed by atoms with van der Waals surface area (Å²) in [6.07, 6.45) is -1.33. The van der Waals surface area contributed by atoms with Gasteiger partial charge in [-0.3, -0.25) is 19.2 Å². The van der Waals surface area contributed by atoms with Gasteiger partial charge in [-0.25, -0.2) is 4.79 Å². The molecule has 0 radical (unpaired) electrons. The smallest absolute Gasteiger partial charge is 0.326 e. The minimum Gasteiger partial charge on any atom is -0.508 e. The molecule has 0 bridgehead atoms. The van der Waals surface area contributed by atoms with Crippen molar-refractivity contribution in [3.05, 3.63) is 29.8 Å². The maximum atomic E-state index is 12.6. The van der Waals surface area contributed by atoms with Gasteiger partial charge in [0.1, 0.15) is 17.8 Å². The Labute approximate surface area is 171 Å². The lowest BCUT2D eigenvalue weighted by atomic mass is 10.0. The highest BCUT2D eigenvalue weighted by atomic mass is 16.4. The van der Waals surface area contributed by atoms with Crippen LogP contribution in [0, 0.1) is 0 Å². The SMILES string of the molecule is NC(=O)CC[C@H](NC(=O)[C@@H](N)CC(=O)O)C(=O)N[C@@H](Cc1ccc(O)cc1)C(=O)O. The van der Waals surface area contributed by atoms with Gasteiger partial charge in [0.25, 0.3) is 0 Å². The van der Waals surface area contributed by atoms with Crippen LogP contribution in [0.3, 0.4) is 0 Å². The fraction of sp³-hybridized carbons (Fsp3) is 0.389. The molecule has 0 heterocycles. The van der Waals surface area contributed by atoms with Crippen LogP contribution in [-0.2, 0) is 30.4 Å². The number of hydrogen-bond acceptors (Lipinski definition) is 7. The highest BCUT2D eigenvalue weighted by Gasteiger charge is 2.29. The Bertz CT molecular complexity index is 796. The maximum Gasteiger partial charge on any atom is 0.326 e. The van der Waals surface area contributed by atoms with Gasteiger partial charge in [0, 0.05) is 12.8 Å². The number of rotatable bonds is 12. The van der Waals surface area contributed by atoms with E-state index >= 15 is 0 Å². The van der Waals surface area contributed by atoms with E-state index in [1.165, 1.54) is 24.3 Å². The molecule has 1 aromatic rings. The zero-order valence-corrected chi connectivity index (χ0v) is 15.9. The van der Waals surface area contributed by atoms with E-state index in [1.54, 1.807) is 0 Å². The topological polar surface area (TPSA) is 222 Å². The van der Waals surface area contributed by atoms with Crippen molar-refractivity contribution in [1.82, 2.24) is 10.6 Å². The van der Waals surface area contributed by atoms with E-state index in [0.29, 0.717) is 5.56 Å². The standard InChI is InChI=1S/C18H24N4O8/c19-11(8-15(25)26)16(27)21-12(5-6-14(20)24)17(28)22-13(18(29)30)7-9-1-3-10(23)4-2-9/h1-4,11-13,23H,5-8,19H2,(H2,20,24)(H,21,27)(H,22,28)(H,25,26)(H,29,30)/t11-,12-,13-/m0/s1. The average Bonchev–Trinajstić information content (AvgIpc) is 2.65. The zero-order valence-electron chi connectivity index (χ0n) is 15.9. The van der Waals surface area contributed by atoms with E-state index < -0.39 is 54.2 Å². The van der Waals surface area contributed by atoms with Crippen molar-refractivity contribution in [3.63, 3.8) is 0 Å². The number of phenols is 1. The van der Waals surface area contributed by atoms with Crippen molar-refractivity contribution in [2.24, 2.45) is 11.5 Å². The summed E-state index contributed by atoms with van der Waals surface area (Å²) in [6.45, 7) is 0. The van der Waals surface area contributed by atoms with Crippen LogP contribution < -0.4 is 22.1 Å². The first-order valence-corrected chi connectivity index (χ1v) is 8.86. The number of hydrogen-bond donors (Lipinski definition) is 7. The average molecular weight is 424 g/mol. The van der Waals surface area contributed by atoms with Gasteiger partial charge in [-0.15, -0.1) is 0 Å². The summed E-state index contributed by atoms with van der Waals surface area (Å²) in [6, 6.07) is 1.50. The van der Waals surface area contributed by atoms with Crippen molar-refractivity contribution in [3.8, 4) is 5.75 Å². The number of nitrogens with two attached hydrogens (primary N) is 2. The van der Waals surface area contributed by atoms with E-state index in [-0.39, 0.29) is 25.0 Å². The second-order valence-electron chi connectivity index (χ2n) is 6.54. The quantitative estimate of drug-likeness (QED) is 0.198. The van der Waals surface area contributed by atoms with Gasteiger partial charge in [-0.1, -0.05) is 12.1 Å². The fourth-order valence-corrected chi connectivity index (χ4v) is 2.46. The Morgan fingerprint density at radius 1 is 0.933 bits per heavy atom. The van der Waals surface area contributed by atoms with Crippen molar-refractivity contribution < 1.29 is 39.3 Å². The highest BCUT2D eigenvalue weighted by molar-refractivity contribution is 5.93. The molecule has 0 spiro atoms. The second-order valence-corrected chi connectivity index (χ2v) is 6.54. The summed E-state index contributed by atoms with van der Waals surface area (Å²) in [5.41, 5.74) is 11.0. The molecule has 0 saturated carbocycles. The number of phenolic OH excluding ortho intramolecular Hbond substituents is 1. The molecule has 12 nitrogen and oxygen atoms in total. The molecule has 0 fully saturated rings. The molecule has 0 aliphatic heterocycles. The van der Waals surface area contributed by atoms with Gasteiger partial charge in [-0.2, -0.15) is 0 Å². The minimum absolute atomic E-state index is 0.0124. The minimum atomic E-state index is -1.45. The molecule has 30 heavy (non-hydrogen) atoms. The molecule has 1 rings (SSSR count). The third-order valence-electron chi connectivity index (χ3n) is 4.03. The molecule has 12 heteroatoms. The Kier molecular flexibility index (Phi) is 9.23. The van der Waals surface area contributed by atoms with Gasteiger partial charge in [0.2, 0.25) is 17.7 Å². The number of nitrogens with one attached hydrogen (secondary N) is 2. The molecule has 9 N–H and O–H groups in total. The van der Waals surface area contributed by atoms with E-state index in [2.05, 4.69) is 10.6 Å². The van der Waals surface area contributed by atoms with Crippen molar-refractivity contribution in [2.75, 3.05) is 0 Å². The number of carbonyl (C=O) groups excluding carboxylic acids is 3. The van der Waals surface area contributed by atoms with Gasteiger partial charge in [0.05, 0.1) is 12.5 Å². The Morgan fingerprint density at radius 3 is 2.00 bits per heavy atom. The summed E-state index contributed by atoms with van der Waals surface area (Å²) in [5.74, 6) is -5.29. The van der Waals surface area contributed by atoms with Crippen LogP contribution >= 0.6 is 0 Å². The molecule has 0 saturated heterocycles. The first kappa shape index (κ1) is 24.4. The van der Waals surface area contributed by atoms with Crippen LogP contribution in [0.2, 0.25) is 0 Å². The van der Waals surface area contributed by atoms with E-state index in [9.17, 15) is 34.2 Å². The largest absolute Gasteiger partial charge is 0.508 e. The Balaban J connectivity index is 2.89. The number of amides is 3. The van der Waals surface area contributed by atoms with Gasteiger partial charge in [-0.05, 0) is 24.1 Å². The third kappa shape index (κ3) is 8.56. The number of aliphatic carboxylic acids is 2. The van der Waals surface area contributed by atoms with Crippen molar-refractivity contribution >= 4 is 29.7 Å². The number of aromatic hydroxyl groups is 1. The third-order valence-corrected chi connectivity index (χ3v) is 4.03. The summed E-state index contributed by atoms with van der Waals surface area (Å²) >= 11 is 0. The number of carbonyl (C=O) groups is 5. The van der Waals surface area contributed by atoms with Crippen molar-refractivity contribution in [2.45, 2.75) is 43.8 Å². The van der Waals surface area contributed by atoms with Crippen LogP contribution in [0.25, 0.3) is 0 Å². The monoisotopic (exact) mass is 424 g/mol. The van der Waals surface area contributed by atoms with E-state index in [1.807, 2.05) is 0 Å². The van der Waals surface area contributed by atoms with E-state index in [4.69, 9.17) is 16.6 Å². The molecule has 0 aromatic heterocycles. The lowest BCUT2D eigenvalue weighted by Gasteiger charge is -2.22. The lowest BCUT2D eigenvalue weighted by Crippen LogP contribution is -2.55. The molecule has 1 aromatic carbocycles. The molecule has 164 valence electrons. The van der Waals surface area contributed by atoms with Crippen LogP contribution in [0.5, 0.6) is 5.75 Å². The molecule has 0 aliphatic carbocycles. The predicted octanol–water partition coefficient (Wildman–Crippen LogP) is -1.94. The highest BCUT2D eigenvalue weighted by Crippen LogP contribution is 2.12. The Morgan fingerprint density at radius 2 is 1.50 bits per heavy atom. The Hall–Kier alpha value is -3.67. The van der Waals surface area contributed by atoms with Crippen molar-refractivity contribution in [1.29, 1.82) is 0 Å². The molecule has 0 aliphatic rings. The number of primary amides is 1. The zero-order chi connectivity index (χ0) is 22.8. The lowest BCUT2D eigenvalue weighted by molar-refractivity contribution is -0.142. The number of carboxylic acids is 2. The first-order chi connectivity index (χ1) is 14.0. The number of carboxylic acid groups (broad SMARTS) is 2. The van der Waals surface area contributed by atoms with Gasteiger partial charge < -0.3 is 37.4 Å². The summed E-state index contributed by atoms with van der Waals surface area (Å²) in [4.78, 5) is 57.9. The van der Waals surface area contributed by atoms with Crippen LogP contribution in [-0.4, -0.2) is 63.1 Å². The normalized spacial score (nSPS) is 13.5. The van der Waals surface area contributed by atoms with Crippen LogP contribution in [0.4, 0.5) is 0 Å².